The largest absolute Gasteiger partial charge is 0.449 e. The molecule has 7 heteroatoms. The van der Waals surface area contributed by atoms with Gasteiger partial charge >= 0.3 is 0 Å². The minimum Gasteiger partial charge on any atom is -0.449 e. The molecule has 29 heavy (non-hydrogen) atoms. The van der Waals surface area contributed by atoms with E-state index in [9.17, 15) is 4.79 Å². The highest BCUT2D eigenvalue weighted by molar-refractivity contribution is 6.30. The van der Waals surface area contributed by atoms with E-state index in [4.69, 9.17) is 21.0 Å². The minimum atomic E-state index is -0.214. The normalized spacial score (nSPS) is 15.4. The molecule has 6 nitrogen and oxygen atoms in total. The van der Waals surface area contributed by atoms with Crippen molar-refractivity contribution in [3.63, 3.8) is 0 Å². The number of aromatic nitrogens is 2. The summed E-state index contributed by atoms with van der Waals surface area (Å²) < 4.78 is 5.68. The van der Waals surface area contributed by atoms with Crippen molar-refractivity contribution in [2.45, 2.75) is 13.5 Å². The third-order valence-corrected chi connectivity index (χ3v) is 5.92. The van der Waals surface area contributed by atoms with Crippen molar-refractivity contribution < 1.29 is 9.32 Å². The number of anilines is 1. The number of halogens is 1. The first-order valence-electron chi connectivity index (χ1n) is 9.83. The molecule has 2 N–H and O–H groups in total. The molecule has 0 amide bonds. The molecule has 0 bridgehead atoms. The third-order valence-electron chi connectivity index (χ3n) is 5.68. The highest BCUT2D eigenvalue weighted by atomic mass is 35.5. The molecule has 1 aliphatic heterocycles. The van der Waals surface area contributed by atoms with E-state index in [0.29, 0.717) is 29.1 Å². The van der Waals surface area contributed by atoms with Crippen molar-refractivity contribution >= 4 is 39.4 Å². The molecule has 1 aliphatic rings. The first kappa shape index (κ1) is 18.2. The van der Waals surface area contributed by atoms with Crippen molar-refractivity contribution in [3.05, 3.63) is 69.2 Å². The molecule has 0 saturated carbocycles. The fourth-order valence-corrected chi connectivity index (χ4v) is 4.30. The molecule has 2 aromatic heterocycles. The van der Waals surface area contributed by atoms with E-state index < -0.39 is 0 Å². The second-order valence-electron chi connectivity index (χ2n) is 7.63. The van der Waals surface area contributed by atoms with Gasteiger partial charge in [-0.25, -0.2) is 4.98 Å². The third kappa shape index (κ3) is 3.39. The van der Waals surface area contributed by atoms with Gasteiger partial charge in [0, 0.05) is 16.1 Å². The highest BCUT2D eigenvalue weighted by Crippen LogP contribution is 2.25. The number of para-hydroxylation sites is 1. The van der Waals surface area contributed by atoms with Crippen LogP contribution in [-0.2, 0) is 6.54 Å². The maximum atomic E-state index is 12.5. The van der Waals surface area contributed by atoms with Gasteiger partial charge in [-0.3, -0.25) is 4.79 Å². The second kappa shape index (κ2) is 7.21. The number of aryl methyl sites for hydroxylation is 1. The number of quaternary nitrogens is 1. The van der Waals surface area contributed by atoms with E-state index in [2.05, 4.69) is 22.9 Å². The lowest BCUT2D eigenvalue weighted by molar-refractivity contribution is -0.915. The SMILES string of the molecule is Cc1ccc(Cl)cc1N1CC[NH+](Cc2nc3c(oc4ccccc43)c(=O)[nH]2)CC1. The van der Waals surface area contributed by atoms with Crippen LogP contribution in [0.1, 0.15) is 11.4 Å². The lowest BCUT2D eigenvalue weighted by atomic mass is 10.1. The molecule has 0 unspecified atom stereocenters. The first-order chi connectivity index (χ1) is 14.1. The fourth-order valence-electron chi connectivity index (χ4n) is 4.13. The van der Waals surface area contributed by atoms with Crippen LogP contribution >= 0.6 is 11.6 Å². The number of nitrogens with one attached hydrogen (secondary N) is 2. The van der Waals surface area contributed by atoms with Crippen LogP contribution in [0.4, 0.5) is 5.69 Å². The standard InChI is InChI=1S/C22H21ClN4O2/c1-14-6-7-15(23)12-17(14)27-10-8-26(9-11-27)13-19-24-20-16-4-2-3-5-18(16)29-21(20)22(28)25-19/h2-7,12H,8-11,13H2,1H3,(H,24,25,28)/p+1. The summed E-state index contributed by atoms with van der Waals surface area (Å²) in [5.74, 6) is 0.705. The average Bonchev–Trinajstić information content (AvgIpc) is 3.10. The molecule has 3 heterocycles. The van der Waals surface area contributed by atoms with Crippen molar-refractivity contribution in [2.24, 2.45) is 0 Å². The molecule has 0 spiro atoms. The van der Waals surface area contributed by atoms with Gasteiger partial charge in [0.15, 0.2) is 5.82 Å². The first-order valence-corrected chi connectivity index (χ1v) is 10.2. The molecule has 0 atom stereocenters. The minimum absolute atomic E-state index is 0.214. The maximum absolute atomic E-state index is 12.5. The summed E-state index contributed by atoms with van der Waals surface area (Å²) in [6.45, 7) is 6.63. The van der Waals surface area contributed by atoms with Gasteiger partial charge in [-0.2, -0.15) is 0 Å². The Morgan fingerprint density at radius 3 is 2.83 bits per heavy atom. The van der Waals surface area contributed by atoms with Crippen LogP contribution < -0.4 is 15.4 Å². The molecule has 1 fully saturated rings. The number of aromatic amines is 1. The molecule has 5 rings (SSSR count). The van der Waals surface area contributed by atoms with E-state index in [-0.39, 0.29) is 5.56 Å². The van der Waals surface area contributed by atoms with Gasteiger partial charge in [-0.1, -0.05) is 29.8 Å². The van der Waals surface area contributed by atoms with Gasteiger partial charge < -0.3 is 19.2 Å². The van der Waals surface area contributed by atoms with Crippen molar-refractivity contribution in [3.8, 4) is 0 Å². The molecular weight excluding hydrogens is 388 g/mol. The van der Waals surface area contributed by atoms with Crippen molar-refractivity contribution in [2.75, 3.05) is 31.1 Å². The quantitative estimate of drug-likeness (QED) is 0.545. The zero-order valence-corrected chi connectivity index (χ0v) is 16.9. The van der Waals surface area contributed by atoms with Gasteiger partial charge in [0.25, 0.3) is 5.56 Å². The van der Waals surface area contributed by atoms with E-state index in [0.717, 1.165) is 36.6 Å². The predicted molar refractivity (Wildman–Crippen MR) is 115 cm³/mol. The number of fused-ring (bicyclic) bond motifs is 3. The summed E-state index contributed by atoms with van der Waals surface area (Å²) in [5, 5.41) is 1.65. The number of piperazine rings is 1. The van der Waals surface area contributed by atoms with E-state index in [1.807, 2.05) is 36.4 Å². The van der Waals surface area contributed by atoms with Crippen molar-refractivity contribution in [1.29, 1.82) is 0 Å². The van der Waals surface area contributed by atoms with Crippen LogP contribution in [0.25, 0.3) is 22.1 Å². The molecule has 1 saturated heterocycles. The smallest absolute Gasteiger partial charge is 0.294 e. The lowest BCUT2D eigenvalue weighted by Crippen LogP contribution is -3.13. The van der Waals surface area contributed by atoms with E-state index in [1.165, 1.54) is 16.2 Å². The maximum Gasteiger partial charge on any atom is 0.294 e. The topological polar surface area (TPSA) is 66.6 Å². The van der Waals surface area contributed by atoms with Crippen LogP contribution in [0.5, 0.6) is 0 Å². The van der Waals surface area contributed by atoms with Crippen LogP contribution in [0.3, 0.4) is 0 Å². The van der Waals surface area contributed by atoms with E-state index >= 15 is 0 Å². The number of rotatable bonds is 3. The zero-order chi connectivity index (χ0) is 20.0. The number of furan rings is 1. The average molecular weight is 410 g/mol. The predicted octanol–water partition coefficient (Wildman–Crippen LogP) is 2.54. The highest BCUT2D eigenvalue weighted by Gasteiger charge is 2.23. The van der Waals surface area contributed by atoms with Gasteiger partial charge in [-0.15, -0.1) is 0 Å². The van der Waals surface area contributed by atoms with Gasteiger partial charge in [-0.05, 0) is 36.8 Å². The van der Waals surface area contributed by atoms with Gasteiger partial charge in [0.05, 0.1) is 26.2 Å². The number of benzene rings is 2. The summed E-state index contributed by atoms with van der Waals surface area (Å²) in [6.07, 6.45) is 0. The van der Waals surface area contributed by atoms with Crippen LogP contribution in [0.2, 0.25) is 5.02 Å². The Morgan fingerprint density at radius 2 is 2.00 bits per heavy atom. The monoisotopic (exact) mass is 409 g/mol. The van der Waals surface area contributed by atoms with Crippen LogP contribution in [-0.4, -0.2) is 36.1 Å². The lowest BCUT2D eigenvalue weighted by Gasteiger charge is -2.34. The summed E-state index contributed by atoms with van der Waals surface area (Å²) >= 11 is 6.19. The molecule has 0 radical (unpaired) electrons. The molecule has 148 valence electrons. The number of nitrogens with zero attached hydrogens (tertiary/aromatic N) is 2. The Kier molecular flexibility index (Phi) is 4.53. The van der Waals surface area contributed by atoms with Crippen LogP contribution in [0, 0.1) is 6.92 Å². The van der Waals surface area contributed by atoms with E-state index in [1.54, 1.807) is 0 Å². The number of hydrogen-bond acceptors (Lipinski definition) is 4. The Balaban J connectivity index is 1.35. The molecular formula is C22H22ClN4O2+. The Morgan fingerprint density at radius 1 is 1.21 bits per heavy atom. The Labute approximate surface area is 172 Å². The Bertz CT molecular complexity index is 1250. The number of hydrogen-bond donors (Lipinski definition) is 2. The summed E-state index contributed by atoms with van der Waals surface area (Å²) in [7, 11) is 0. The Hall–Kier alpha value is -2.83. The summed E-state index contributed by atoms with van der Waals surface area (Å²) in [6, 6.07) is 13.7. The second-order valence-corrected chi connectivity index (χ2v) is 8.07. The zero-order valence-electron chi connectivity index (χ0n) is 16.2. The molecule has 0 aliphatic carbocycles. The number of H-pyrrole nitrogens is 1. The molecule has 2 aromatic carbocycles. The summed E-state index contributed by atoms with van der Waals surface area (Å²) in [4.78, 5) is 23.9. The van der Waals surface area contributed by atoms with Crippen molar-refractivity contribution in [1.82, 2.24) is 9.97 Å². The fraction of sp³-hybridized carbons (Fsp3) is 0.273. The van der Waals surface area contributed by atoms with Crippen LogP contribution in [0.15, 0.2) is 51.7 Å². The summed E-state index contributed by atoms with van der Waals surface area (Å²) in [5.41, 5.74) is 3.86. The van der Waals surface area contributed by atoms with Gasteiger partial charge in [0.1, 0.15) is 17.6 Å². The molecule has 4 aromatic rings. The van der Waals surface area contributed by atoms with Gasteiger partial charge in [0.2, 0.25) is 5.58 Å².